The second-order valence-corrected chi connectivity index (χ2v) is 6.61. The molecule has 0 amide bonds. The van der Waals surface area contributed by atoms with Gasteiger partial charge in [0, 0.05) is 0 Å². The number of anilines is 1. The summed E-state index contributed by atoms with van der Waals surface area (Å²) in [6, 6.07) is 2.47. The van der Waals surface area contributed by atoms with Crippen LogP contribution in [0.15, 0.2) is 23.4 Å². The lowest BCUT2D eigenvalue weighted by Gasteiger charge is -2.10. The molecule has 0 saturated heterocycles. The lowest BCUT2D eigenvalue weighted by Crippen LogP contribution is -2.17. The highest BCUT2D eigenvalue weighted by Gasteiger charge is 2.25. The van der Waals surface area contributed by atoms with Crippen molar-refractivity contribution in [1.82, 2.24) is 10.2 Å². The topological polar surface area (TPSA) is 112 Å². The van der Waals surface area contributed by atoms with Crippen LogP contribution in [0, 0.1) is 0 Å². The van der Waals surface area contributed by atoms with Crippen molar-refractivity contribution in [3.8, 4) is 0 Å². The molecule has 0 bridgehead atoms. The van der Waals surface area contributed by atoms with Crippen molar-refractivity contribution in [3.63, 3.8) is 0 Å². The van der Waals surface area contributed by atoms with E-state index in [0.29, 0.717) is 0 Å². The Morgan fingerprint density at radius 2 is 1.81 bits per heavy atom. The van der Waals surface area contributed by atoms with Crippen LogP contribution in [0.3, 0.4) is 0 Å². The summed E-state index contributed by atoms with van der Waals surface area (Å²) < 4.78 is 26.4. The zero-order valence-electron chi connectivity index (χ0n) is 9.89. The molecule has 1 aromatic carbocycles. The van der Waals surface area contributed by atoms with Gasteiger partial charge in [-0.05, 0) is 12.1 Å². The van der Waals surface area contributed by atoms with Crippen molar-refractivity contribution >= 4 is 56.5 Å². The first-order chi connectivity index (χ1) is 9.72. The quantitative estimate of drug-likeness (QED) is 0.716. The number of aromatic carboxylic acids is 1. The molecule has 0 unspecified atom stereocenters. The van der Waals surface area contributed by atoms with Gasteiger partial charge in [-0.25, -0.2) is 4.79 Å². The normalized spacial score (nSPS) is 11.4. The number of aromatic nitrogens is 2. The highest BCUT2D eigenvalue weighted by molar-refractivity contribution is 7.92. The summed E-state index contributed by atoms with van der Waals surface area (Å²) in [7, 11) is -4.23. The van der Waals surface area contributed by atoms with Crippen molar-refractivity contribution in [1.29, 1.82) is 0 Å². The van der Waals surface area contributed by atoms with E-state index in [4.69, 9.17) is 39.9 Å². The van der Waals surface area contributed by atoms with Gasteiger partial charge in [-0.1, -0.05) is 34.8 Å². The molecule has 2 aromatic rings. The highest BCUT2D eigenvalue weighted by Crippen LogP contribution is 2.33. The number of hydrogen-bond acceptors (Lipinski definition) is 4. The maximum atomic E-state index is 12.2. The van der Waals surface area contributed by atoms with Crippen LogP contribution in [0.2, 0.25) is 15.1 Å². The minimum atomic E-state index is -4.23. The largest absolute Gasteiger partial charge is 0.478 e. The van der Waals surface area contributed by atoms with Crippen LogP contribution in [0.5, 0.6) is 0 Å². The highest BCUT2D eigenvalue weighted by atomic mass is 35.5. The number of benzene rings is 1. The van der Waals surface area contributed by atoms with E-state index in [1.807, 2.05) is 0 Å². The Balaban J connectivity index is 2.45. The molecule has 1 heterocycles. The fourth-order valence-electron chi connectivity index (χ4n) is 1.43. The average molecular weight is 371 g/mol. The predicted molar refractivity (Wildman–Crippen MR) is 77.8 cm³/mol. The molecule has 0 spiro atoms. The molecule has 3 N–H and O–H groups in total. The first kappa shape index (κ1) is 15.9. The fourth-order valence-corrected chi connectivity index (χ4v) is 3.24. The number of carbonyl (C=O) groups is 1. The summed E-state index contributed by atoms with van der Waals surface area (Å²) in [4.78, 5) is 10.9. The molecule has 0 aliphatic heterocycles. The molecule has 21 heavy (non-hydrogen) atoms. The number of H-pyrrole nitrogens is 1. The molecule has 0 atom stereocenters. The van der Waals surface area contributed by atoms with E-state index in [9.17, 15) is 13.2 Å². The predicted octanol–water partition coefficient (Wildman–Crippen LogP) is 2.87. The van der Waals surface area contributed by atoms with Gasteiger partial charge in [0.25, 0.3) is 10.0 Å². The van der Waals surface area contributed by atoms with E-state index < -0.39 is 26.6 Å². The van der Waals surface area contributed by atoms with E-state index >= 15 is 0 Å². The number of nitrogens with zero attached hydrogens (tertiary/aromatic N) is 1. The maximum Gasteiger partial charge on any atom is 0.340 e. The summed E-state index contributed by atoms with van der Waals surface area (Å²) in [6.07, 6.45) is 0.882. The monoisotopic (exact) mass is 369 g/mol. The molecule has 0 aliphatic rings. The Labute approximate surface area is 133 Å². The zero-order chi connectivity index (χ0) is 15.8. The number of carboxylic acid groups (broad SMARTS) is 1. The molecular formula is C10H6Cl3N3O4S. The Morgan fingerprint density at radius 1 is 1.19 bits per heavy atom. The number of nitrogens with one attached hydrogen (secondary N) is 2. The standard InChI is InChI=1S/C10H6Cl3N3O4S/c11-5-1-7(13)8(2-6(5)12)16-21(19,20)9-4(10(17)18)3-14-15-9/h1-3,16H,(H,14,15)(H,17,18). The van der Waals surface area contributed by atoms with Crippen molar-refractivity contribution < 1.29 is 18.3 Å². The smallest absolute Gasteiger partial charge is 0.340 e. The van der Waals surface area contributed by atoms with Gasteiger partial charge in [-0.3, -0.25) is 9.82 Å². The van der Waals surface area contributed by atoms with E-state index in [0.717, 1.165) is 6.20 Å². The molecule has 0 saturated carbocycles. The summed E-state index contributed by atoms with van der Waals surface area (Å²) in [5.41, 5.74) is -0.546. The fraction of sp³-hybridized carbons (Fsp3) is 0. The summed E-state index contributed by atoms with van der Waals surface area (Å²) in [5.74, 6) is -1.44. The van der Waals surface area contributed by atoms with Crippen LogP contribution in [-0.4, -0.2) is 29.7 Å². The van der Waals surface area contributed by atoms with E-state index in [1.165, 1.54) is 12.1 Å². The Kier molecular flexibility index (Phi) is 4.33. The van der Waals surface area contributed by atoms with Crippen LogP contribution in [0.4, 0.5) is 5.69 Å². The van der Waals surface area contributed by atoms with Crippen molar-refractivity contribution in [3.05, 3.63) is 39.0 Å². The lowest BCUT2D eigenvalue weighted by atomic mass is 10.3. The molecular weight excluding hydrogens is 365 g/mol. The van der Waals surface area contributed by atoms with Gasteiger partial charge in [0.1, 0.15) is 5.56 Å². The van der Waals surface area contributed by atoms with Gasteiger partial charge in [-0.2, -0.15) is 13.5 Å². The van der Waals surface area contributed by atoms with Crippen LogP contribution in [0.25, 0.3) is 0 Å². The number of hydrogen-bond donors (Lipinski definition) is 3. The molecule has 112 valence electrons. The zero-order valence-corrected chi connectivity index (χ0v) is 13.0. The second kappa shape index (κ2) is 5.72. The molecule has 0 aliphatic carbocycles. The van der Waals surface area contributed by atoms with Crippen molar-refractivity contribution in [2.45, 2.75) is 5.03 Å². The third-order valence-electron chi connectivity index (χ3n) is 2.36. The van der Waals surface area contributed by atoms with E-state index in [2.05, 4.69) is 14.9 Å². The molecule has 7 nitrogen and oxygen atoms in total. The Hall–Kier alpha value is -1.48. The SMILES string of the molecule is O=C(O)c1cn[nH]c1S(=O)(=O)Nc1cc(Cl)c(Cl)cc1Cl. The van der Waals surface area contributed by atoms with Gasteiger partial charge in [0.15, 0.2) is 5.03 Å². The second-order valence-electron chi connectivity index (χ2n) is 3.77. The Bertz CT molecular complexity index is 819. The summed E-state index contributed by atoms with van der Waals surface area (Å²) in [5, 5.41) is 14.1. The van der Waals surface area contributed by atoms with Crippen LogP contribution < -0.4 is 4.72 Å². The van der Waals surface area contributed by atoms with E-state index in [-0.39, 0.29) is 20.8 Å². The van der Waals surface area contributed by atoms with Gasteiger partial charge in [-0.15, -0.1) is 0 Å². The number of carboxylic acids is 1. The Morgan fingerprint density at radius 3 is 2.43 bits per heavy atom. The summed E-state index contributed by atoms with van der Waals surface area (Å²) in [6.45, 7) is 0. The number of halogens is 3. The third kappa shape index (κ3) is 3.24. The van der Waals surface area contributed by atoms with Gasteiger partial charge in [0.05, 0.1) is 27.0 Å². The van der Waals surface area contributed by atoms with Crippen LogP contribution in [0.1, 0.15) is 10.4 Å². The third-order valence-corrected chi connectivity index (χ3v) is 4.73. The first-order valence-corrected chi connectivity index (χ1v) is 7.78. The lowest BCUT2D eigenvalue weighted by molar-refractivity contribution is 0.0692. The van der Waals surface area contributed by atoms with Crippen LogP contribution >= 0.6 is 34.8 Å². The minimum absolute atomic E-state index is 0.00404. The minimum Gasteiger partial charge on any atom is -0.478 e. The molecule has 1 aromatic heterocycles. The number of sulfonamides is 1. The molecule has 2 rings (SSSR count). The maximum absolute atomic E-state index is 12.2. The number of aromatic amines is 1. The van der Waals surface area contributed by atoms with E-state index in [1.54, 1.807) is 0 Å². The average Bonchev–Trinajstić information content (AvgIpc) is 2.85. The number of rotatable bonds is 4. The molecule has 0 fully saturated rings. The molecule has 0 radical (unpaired) electrons. The van der Waals surface area contributed by atoms with Gasteiger partial charge >= 0.3 is 5.97 Å². The molecule has 11 heteroatoms. The summed E-state index contributed by atoms with van der Waals surface area (Å²) >= 11 is 17.4. The van der Waals surface area contributed by atoms with Gasteiger partial charge in [0.2, 0.25) is 0 Å². The first-order valence-electron chi connectivity index (χ1n) is 5.16. The van der Waals surface area contributed by atoms with Crippen LogP contribution in [-0.2, 0) is 10.0 Å². The van der Waals surface area contributed by atoms with Crippen molar-refractivity contribution in [2.24, 2.45) is 0 Å². The van der Waals surface area contributed by atoms with Gasteiger partial charge < -0.3 is 5.11 Å². The van der Waals surface area contributed by atoms with Crippen molar-refractivity contribution in [2.75, 3.05) is 4.72 Å².